The molecule has 3 unspecified atom stereocenters. The molecule has 3 N–H and O–H groups in total. The highest BCUT2D eigenvalue weighted by atomic mass is 16.6. The topological polar surface area (TPSA) is 140 Å². The summed E-state index contributed by atoms with van der Waals surface area (Å²) in [6, 6.07) is 0. The van der Waals surface area contributed by atoms with E-state index < -0.39 is 6.10 Å². The molecular weight excluding hydrogens is 829 g/mol. The second kappa shape index (κ2) is 50.4. The summed E-state index contributed by atoms with van der Waals surface area (Å²) in [6.07, 6.45) is 48.9. The van der Waals surface area contributed by atoms with Crippen LogP contribution in [-0.4, -0.2) is 70.9 Å². The molecule has 9 nitrogen and oxygen atoms in total. The number of aliphatic hydroxyl groups excluding tert-OH is 3. The Bertz CT molecular complexity index is 1110. The Morgan fingerprint density at radius 3 is 0.985 bits per heavy atom. The van der Waals surface area contributed by atoms with E-state index in [9.17, 15) is 29.7 Å². The van der Waals surface area contributed by atoms with Gasteiger partial charge in [-0.25, -0.2) is 0 Å². The van der Waals surface area contributed by atoms with Crippen molar-refractivity contribution >= 4 is 17.9 Å². The molecule has 0 heterocycles. The van der Waals surface area contributed by atoms with Gasteiger partial charge in [-0.3, -0.25) is 14.4 Å². The van der Waals surface area contributed by atoms with Crippen molar-refractivity contribution in [2.24, 2.45) is 0 Å². The predicted molar refractivity (Wildman–Crippen MR) is 274 cm³/mol. The fraction of sp³-hybridized carbons (Fsp3) is 0.842. The molecule has 9 heteroatoms. The zero-order valence-corrected chi connectivity index (χ0v) is 43.1. The number of aliphatic hydroxyl groups is 3. The van der Waals surface area contributed by atoms with Crippen LogP contribution in [0.3, 0.4) is 0 Å². The minimum absolute atomic E-state index is 0.132. The summed E-state index contributed by atoms with van der Waals surface area (Å²) in [4.78, 5) is 38.1. The van der Waals surface area contributed by atoms with Gasteiger partial charge < -0.3 is 29.5 Å². The van der Waals surface area contributed by atoms with E-state index in [2.05, 4.69) is 57.2 Å². The van der Waals surface area contributed by atoms with Gasteiger partial charge in [-0.2, -0.15) is 0 Å². The van der Waals surface area contributed by atoms with Crippen LogP contribution in [0.15, 0.2) is 36.5 Å². The van der Waals surface area contributed by atoms with Crippen LogP contribution in [0.4, 0.5) is 0 Å². The molecule has 0 aliphatic rings. The summed E-state index contributed by atoms with van der Waals surface area (Å²) in [7, 11) is 0. The highest BCUT2D eigenvalue weighted by Crippen LogP contribution is 2.15. The Hall–Kier alpha value is -2.49. The predicted octanol–water partition coefficient (Wildman–Crippen LogP) is 15.0. The van der Waals surface area contributed by atoms with E-state index in [1.807, 2.05) is 0 Å². The van der Waals surface area contributed by atoms with Gasteiger partial charge in [-0.05, 0) is 96.3 Å². The van der Waals surface area contributed by atoms with Gasteiger partial charge in [0.05, 0.1) is 18.3 Å². The second-order valence-corrected chi connectivity index (χ2v) is 19.0. The van der Waals surface area contributed by atoms with E-state index in [-0.39, 0.29) is 55.9 Å². The molecule has 0 aromatic rings. The van der Waals surface area contributed by atoms with Gasteiger partial charge >= 0.3 is 17.9 Å². The highest BCUT2D eigenvalue weighted by Gasteiger charge is 2.19. The van der Waals surface area contributed by atoms with Crippen LogP contribution in [0.25, 0.3) is 0 Å². The monoisotopic (exact) mass is 933 g/mol. The summed E-state index contributed by atoms with van der Waals surface area (Å²) in [6.45, 7) is 6.33. The van der Waals surface area contributed by atoms with Crippen molar-refractivity contribution in [3.63, 3.8) is 0 Å². The number of carbonyl (C=O) groups excluding carboxylic acids is 3. The third-order valence-electron chi connectivity index (χ3n) is 12.3. The molecule has 0 spiro atoms. The Morgan fingerprint density at radius 2 is 0.652 bits per heavy atom. The maximum absolute atomic E-state index is 12.8. The molecule has 3 atom stereocenters. The Kier molecular flexibility index (Phi) is 48.5. The number of esters is 3. The number of rotatable bonds is 50. The van der Waals surface area contributed by atoms with E-state index in [4.69, 9.17) is 14.2 Å². The second-order valence-electron chi connectivity index (χ2n) is 19.0. The van der Waals surface area contributed by atoms with Crippen molar-refractivity contribution in [2.45, 2.75) is 296 Å². The van der Waals surface area contributed by atoms with E-state index in [1.54, 1.807) is 0 Å². The lowest BCUT2D eigenvalue weighted by atomic mass is 10.1. The van der Waals surface area contributed by atoms with Gasteiger partial charge in [-0.15, -0.1) is 0 Å². The van der Waals surface area contributed by atoms with Crippen molar-refractivity contribution in [3.05, 3.63) is 36.5 Å². The van der Waals surface area contributed by atoms with Crippen LogP contribution in [0.2, 0.25) is 0 Å². The minimum atomic E-state index is -0.836. The van der Waals surface area contributed by atoms with Crippen LogP contribution < -0.4 is 0 Å². The molecule has 0 saturated heterocycles. The Balaban J connectivity index is 4.51. The van der Waals surface area contributed by atoms with Crippen molar-refractivity contribution < 1.29 is 43.9 Å². The molecular formula is C57H104O9. The zero-order chi connectivity index (χ0) is 48.4. The van der Waals surface area contributed by atoms with Gasteiger partial charge in [0.25, 0.3) is 0 Å². The minimum Gasteiger partial charge on any atom is -0.462 e. The van der Waals surface area contributed by atoms with Crippen LogP contribution in [0.1, 0.15) is 271 Å². The maximum Gasteiger partial charge on any atom is 0.306 e. The summed E-state index contributed by atoms with van der Waals surface area (Å²) in [5, 5.41) is 30.4. The highest BCUT2D eigenvalue weighted by molar-refractivity contribution is 5.71. The maximum atomic E-state index is 12.8. The fourth-order valence-corrected chi connectivity index (χ4v) is 7.95. The van der Waals surface area contributed by atoms with Crippen LogP contribution in [-0.2, 0) is 28.6 Å². The third kappa shape index (κ3) is 48.0. The standard InChI is InChI=1S/C57H104O9/c1-4-7-10-31-40-51(58)43-34-25-19-13-16-22-28-37-46-55(61)64-49-54(66-57(63)48-39-30-24-18-15-21-27-36-45-53(60)42-33-12-9-6-3)50-65-56(62)47-38-29-23-17-14-20-26-35-44-52(59)41-32-11-8-5-2/h25-27,34-36,51-54,58-60H,4-24,28-33,37-50H2,1-3H3/b34-25-,35-26-,36-27-. The molecule has 66 heavy (non-hydrogen) atoms. The molecule has 0 aromatic carbocycles. The Morgan fingerprint density at radius 1 is 0.364 bits per heavy atom. The summed E-state index contributed by atoms with van der Waals surface area (Å²) in [5.74, 6) is -1.04. The normalized spacial score (nSPS) is 13.7. The summed E-state index contributed by atoms with van der Waals surface area (Å²) in [5.41, 5.74) is 0. The van der Waals surface area contributed by atoms with Gasteiger partial charge in [0, 0.05) is 19.3 Å². The summed E-state index contributed by atoms with van der Waals surface area (Å²) < 4.78 is 16.7. The van der Waals surface area contributed by atoms with Crippen LogP contribution in [0, 0.1) is 0 Å². The molecule has 0 rings (SSSR count). The first-order valence-electron chi connectivity index (χ1n) is 27.7. The first-order chi connectivity index (χ1) is 32.2. The lowest BCUT2D eigenvalue weighted by Crippen LogP contribution is -2.30. The summed E-state index contributed by atoms with van der Waals surface area (Å²) >= 11 is 0. The molecule has 386 valence electrons. The van der Waals surface area contributed by atoms with Gasteiger partial charge in [0.15, 0.2) is 6.10 Å². The number of ether oxygens (including phenoxy) is 3. The first-order valence-corrected chi connectivity index (χ1v) is 27.7. The molecule has 0 fully saturated rings. The quantitative estimate of drug-likeness (QED) is 0.0235. The zero-order valence-electron chi connectivity index (χ0n) is 43.1. The molecule has 0 aromatic heterocycles. The van der Waals surface area contributed by atoms with Crippen LogP contribution >= 0.6 is 0 Å². The number of allylic oxidation sites excluding steroid dienone is 3. The SMILES string of the molecule is CCCCCCC(O)C/C=C\CCCCCCCC(=O)OCC(COC(=O)CCCCCCC/C=C\CC(O)CCCCCC)OC(=O)CCCCCCC/C=C\CC(O)CCCCCC. The average molecular weight is 933 g/mol. The van der Waals surface area contributed by atoms with E-state index in [1.165, 1.54) is 57.8 Å². The lowest BCUT2D eigenvalue weighted by Gasteiger charge is -2.18. The fourth-order valence-electron chi connectivity index (χ4n) is 7.95. The number of carbonyl (C=O) groups is 3. The molecule has 0 aliphatic heterocycles. The number of unbranched alkanes of at least 4 members (excludes halogenated alkanes) is 24. The molecule has 0 radical (unpaired) electrons. The van der Waals surface area contributed by atoms with Gasteiger partial charge in [-0.1, -0.05) is 192 Å². The number of hydrogen-bond acceptors (Lipinski definition) is 9. The molecule has 0 bridgehead atoms. The smallest absolute Gasteiger partial charge is 0.306 e. The molecule has 0 amide bonds. The number of hydrogen-bond donors (Lipinski definition) is 3. The Labute approximate surface area is 405 Å². The van der Waals surface area contributed by atoms with Crippen molar-refractivity contribution in [2.75, 3.05) is 13.2 Å². The van der Waals surface area contributed by atoms with Gasteiger partial charge in [0.2, 0.25) is 0 Å². The van der Waals surface area contributed by atoms with E-state index in [0.717, 1.165) is 167 Å². The first kappa shape index (κ1) is 63.5. The van der Waals surface area contributed by atoms with Crippen molar-refractivity contribution in [1.29, 1.82) is 0 Å². The lowest BCUT2D eigenvalue weighted by molar-refractivity contribution is -0.167. The van der Waals surface area contributed by atoms with E-state index >= 15 is 0 Å². The van der Waals surface area contributed by atoms with Crippen molar-refractivity contribution in [3.8, 4) is 0 Å². The third-order valence-corrected chi connectivity index (χ3v) is 12.3. The molecule has 0 aliphatic carbocycles. The van der Waals surface area contributed by atoms with Gasteiger partial charge in [0.1, 0.15) is 13.2 Å². The van der Waals surface area contributed by atoms with Crippen LogP contribution in [0.5, 0.6) is 0 Å². The van der Waals surface area contributed by atoms with Crippen molar-refractivity contribution in [1.82, 2.24) is 0 Å². The largest absolute Gasteiger partial charge is 0.462 e. The van der Waals surface area contributed by atoms with E-state index in [0.29, 0.717) is 19.3 Å². The average Bonchev–Trinajstić information content (AvgIpc) is 3.30. The molecule has 0 saturated carbocycles.